The first-order valence-electron chi connectivity index (χ1n) is 5.70. The lowest BCUT2D eigenvalue weighted by Gasteiger charge is -2.14. The van der Waals surface area contributed by atoms with E-state index in [0.717, 1.165) is 23.6 Å². The maximum atomic E-state index is 5.45. The Morgan fingerprint density at radius 2 is 2.00 bits per heavy atom. The van der Waals surface area contributed by atoms with Gasteiger partial charge in [0.2, 0.25) is 0 Å². The van der Waals surface area contributed by atoms with Crippen LogP contribution in [0.3, 0.4) is 0 Å². The molecule has 88 valence electrons. The zero-order valence-electron chi connectivity index (χ0n) is 10.2. The molecule has 0 saturated heterocycles. The predicted octanol–water partition coefficient (Wildman–Crippen LogP) is 2.26. The van der Waals surface area contributed by atoms with Gasteiger partial charge in [0.1, 0.15) is 11.5 Å². The fourth-order valence-electron chi connectivity index (χ4n) is 1.92. The smallest absolute Gasteiger partial charge is 0.129 e. The largest absolute Gasteiger partial charge is 0.496 e. The van der Waals surface area contributed by atoms with Crippen LogP contribution in [0, 0.1) is 6.92 Å². The molecule has 1 aliphatic rings. The topological polar surface area (TPSA) is 30.5 Å². The summed E-state index contributed by atoms with van der Waals surface area (Å²) >= 11 is 0. The van der Waals surface area contributed by atoms with Crippen molar-refractivity contribution in [3.63, 3.8) is 0 Å². The van der Waals surface area contributed by atoms with Crippen molar-refractivity contribution >= 4 is 0 Å². The number of benzene rings is 1. The van der Waals surface area contributed by atoms with Gasteiger partial charge in [-0.3, -0.25) is 0 Å². The maximum absolute atomic E-state index is 5.45. The van der Waals surface area contributed by atoms with Crippen LogP contribution in [0.1, 0.15) is 24.0 Å². The van der Waals surface area contributed by atoms with Crippen molar-refractivity contribution in [1.29, 1.82) is 0 Å². The molecular weight excluding hydrogens is 202 g/mol. The van der Waals surface area contributed by atoms with Gasteiger partial charge in [-0.15, -0.1) is 0 Å². The monoisotopic (exact) mass is 221 g/mol. The molecule has 1 fully saturated rings. The second kappa shape index (κ2) is 4.74. The van der Waals surface area contributed by atoms with Gasteiger partial charge in [0.05, 0.1) is 14.2 Å². The van der Waals surface area contributed by atoms with E-state index in [1.807, 2.05) is 13.0 Å². The molecular formula is C13H19NO2. The lowest BCUT2D eigenvalue weighted by Crippen LogP contribution is -2.16. The van der Waals surface area contributed by atoms with Crippen LogP contribution in [0.4, 0.5) is 0 Å². The van der Waals surface area contributed by atoms with Crippen LogP contribution in [0.2, 0.25) is 0 Å². The van der Waals surface area contributed by atoms with E-state index in [9.17, 15) is 0 Å². The molecule has 0 heterocycles. The van der Waals surface area contributed by atoms with Crippen molar-refractivity contribution in [1.82, 2.24) is 5.32 Å². The molecule has 1 N–H and O–H groups in total. The lowest BCUT2D eigenvalue weighted by molar-refractivity contribution is 0.384. The predicted molar refractivity (Wildman–Crippen MR) is 64.1 cm³/mol. The van der Waals surface area contributed by atoms with Gasteiger partial charge in [-0.25, -0.2) is 0 Å². The SMILES string of the molecule is COc1ccc(CNC2CC2)c(OC)c1C. The van der Waals surface area contributed by atoms with Gasteiger partial charge in [-0.2, -0.15) is 0 Å². The number of rotatable bonds is 5. The highest BCUT2D eigenvalue weighted by Crippen LogP contribution is 2.31. The summed E-state index contributed by atoms with van der Waals surface area (Å²) in [7, 11) is 3.40. The van der Waals surface area contributed by atoms with Crippen molar-refractivity contribution in [2.24, 2.45) is 0 Å². The first-order valence-corrected chi connectivity index (χ1v) is 5.70. The molecule has 0 aliphatic heterocycles. The Hall–Kier alpha value is -1.22. The first kappa shape index (κ1) is 11.3. The normalized spacial score (nSPS) is 14.9. The summed E-state index contributed by atoms with van der Waals surface area (Å²) in [6, 6.07) is 4.79. The second-order valence-corrected chi connectivity index (χ2v) is 4.24. The van der Waals surface area contributed by atoms with E-state index < -0.39 is 0 Å². The Kier molecular flexibility index (Phi) is 3.34. The first-order chi connectivity index (χ1) is 7.76. The molecule has 2 rings (SSSR count). The number of hydrogen-bond acceptors (Lipinski definition) is 3. The summed E-state index contributed by atoms with van der Waals surface area (Å²) in [6.07, 6.45) is 2.61. The number of nitrogens with one attached hydrogen (secondary N) is 1. The summed E-state index contributed by atoms with van der Waals surface area (Å²) in [5.41, 5.74) is 2.27. The summed E-state index contributed by atoms with van der Waals surface area (Å²) in [4.78, 5) is 0. The van der Waals surface area contributed by atoms with Crippen LogP contribution in [0.25, 0.3) is 0 Å². The van der Waals surface area contributed by atoms with Crippen molar-refractivity contribution in [2.45, 2.75) is 32.4 Å². The van der Waals surface area contributed by atoms with Gasteiger partial charge < -0.3 is 14.8 Å². The van der Waals surface area contributed by atoms with Gasteiger partial charge in [0.15, 0.2) is 0 Å². The minimum Gasteiger partial charge on any atom is -0.496 e. The van der Waals surface area contributed by atoms with Crippen LogP contribution < -0.4 is 14.8 Å². The molecule has 1 saturated carbocycles. The number of ether oxygens (including phenoxy) is 2. The molecule has 3 heteroatoms. The van der Waals surface area contributed by atoms with Crippen LogP contribution >= 0.6 is 0 Å². The summed E-state index contributed by atoms with van der Waals surface area (Å²) in [5.74, 6) is 1.82. The standard InChI is InChI=1S/C13H19NO2/c1-9-12(15-2)7-4-10(13(9)16-3)8-14-11-5-6-11/h4,7,11,14H,5-6,8H2,1-3H3. The van der Waals surface area contributed by atoms with Crippen molar-refractivity contribution in [2.75, 3.05) is 14.2 Å². The van der Waals surface area contributed by atoms with E-state index in [4.69, 9.17) is 9.47 Å². The summed E-state index contributed by atoms with van der Waals surface area (Å²) < 4.78 is 10.7. The van der Waals surface area contributed by atoms with E-state index in [0.29, 0.717) is 6.04 Å². The molecule has 0 bridgehead atoms. The fraction of sp³-hybridized carbons (Fsp3) is 0.538. The summed E-state index contributed by atoms with van der Waals surface area (Å²) in [6.45, 7) is 2.90. The van der Waals surface area contributed by atoms with E-state index in [-0.39, 0.29) is 0 Å². The number of methoxy groups -OCH3 is 2. The highest BCUT2D eigenvalue weighted by molar-refractivity contribution is 5.49. The maximum Gasteiger partial charge on any atom is 0.129 e. The average Bonchev–Trinajstić information content (AvgIpc) is 3.10. The van der Waals surface area contributed by atoms with Gasteiger partial charge in [0, 0.05) is 23.7 Å². The fourth-order valence-corrected chi connectivity index (χ4v) is 1.92. The molecule has 16 heavy (non-hydrogen) atoms. The molecule has 0 amide bonds. The second-order valence-electron chi connectivity index (χ2n) is 4.24. The molecule has 3 nitrogen and oxygen atoms in total. The third-order valence-electron chi connectivity index (χ3n) is 3.02. The third-order valence-corrected chi connectivity index (χ3v) is 3.02. The van der Waals surface area contributed by atoms with Crippen LogP contribution in [-0.4, -0.2) is 20.3 Å². The van der Waals surface area contributed by atoms with E-state index in [1.165, 1.54) is 18.4 Å². The Labute approximate surface area is 96.8 Å². The third kappa shape index (κ3) is 2.30. The van der Waals surface area contributed by atoms with E-state index >= 15 is 0 Å². The number of hydrogen-bond donors (Lipinski definition) is 1. The molecule has 1 aromatic rings. The minimum atomic E-state index is 0.715. The molecule has 0 spiro atoms. The van der Waals surface area contributed by atoms with Gasteiger partial charge in [0.25, 0.3) is 0 Å². The van der Waals surface area contributed by atoms with Crippen molar-refractivity contribution < 1.29 is 9.47 Å². The summed E-state index contributed by atoms with van der Waals surface area (Å²) in [5, 5.41) is 3.49. The zero-order chi connectivity index (χ0) is 11.5. The Morgan fingerprint density at radius 3 is 2.56 bits per heavy atom. The van der Waals surface area contributed by atoms with E-state index in [1.54, 1.807) is 14.2 Å². The van der Waals surface area contributed by atoms with Gasteiger partial charge in [-0.05, 0) is 25.8 Å². The van der Waals surface area contributed by atoms with Gasteiger partial charge in [-0.1, -0.05) is 6.07 Å². The highest BCUT2D eigenvalue weighted by atomic mass is 16.5. The molecule has 0 atom stereocenters. The molecule has 0 radical (unpaired) electrons. The Bertz CT molecular complexity index is 372. The van der Waals surface area contributed by atoms with E-state index in [2.05, 4.69) is 11.4 Å². The zero-order valence-corrected chi connectivity index (χ0v) is 10.2. The van der Waals surface area contributed by atoms with Crippen LogP contribution in [0.15, 0.2) is 12.1 Å². The molecule has 0 aromatic heterocycles. The highest BCUT2D eigenvalue weighted by Gasteiger charge is 2.21. The molecule has 1 aliphatic carbocycles. The Morgan fingerprint density at radius 1 is 1.25 bits per heavy atom. The minimum absolute atomic E-state index is 0.715. The average molecular weight is 221 g/mol. The lowest BCUT2D eigenvalue weighted by atomic mass is 10.1. The molecule has 1 aromatic carbocycles. The van der Waals surface area contributed by atoms with Crippen molar-refractivity contribution in [3.05, 3.63) is 23.3 Å². The quantitative estimate of drug-likeness (QED) is 0.827. The molecule has 0 unspecified atom stereocenters. The van der Waals surface area contributed by atoms with Crippen LogP contribution in [-0.2, 0) is 6.54 Å². The van der Waals surface area contributed by atoms with Gasteiger partial charge >= 0.3 is 0 Å². The van der Waals surface area contributed by atoms with Crippen molar-refractivity contribution in [3.8, 4) is 11.5 Å². The van der Waals surface area contributed by atoms with Crippen LogP contribution in [0.5, 0.6) is 11.5 Å². The Balaban J connectivity index is 2.18.